The number of benzene rings is 1. The second-order valence-corrected chi connectivity index (χ2v) is 5.28. The fourth-order valence-electron chi connectivity index (χ4n) is 2.28. The van der Waals surface area contributed by atoms with E-state index in [-0.39, 0.29) is 12.6 Å². The highest BCUT2D eigenvalue weighted by Crippen LogP contribution is 2.20. The molecule has 1 aliphatic carbocycles. The van der Waals surface area contributed by atoms with Crippen molar-refractivity contribution >= 4 is 6.03 Å². The van der Waals surface area contributed by atoms with Crippen LogP contribution in [0.2, 0.25) is 0 Å². The van der Waals surface area contributed by atoms with Gasteiger partial charge < -0.3 is 20.5 Å². The number of hydrogen-bond donors (Lipinski definition) is 3. The van der Waals surface area contributed by atoms with E-state index in [0.717, 1.165) is 24.2 Å². The minimum absolute atomic E-state index is 0.234. The van der Waals surface area contributed by atoms with Crippen molar-refractivity contribution in [2.24, 2.45) is 0 Å². The molecule has 0 bridgehead atoms. The third-order valence-electron chi connectivity index (χ3n) is 3.58. The largest absolute Gasteiger partial charge is 0.497 e. The van der Waals surface area contributed by atoms with Crippen molar-refractivity contribution in [2.75, 3.05) is 13.7 Å². The molecule has 0 radical (unpaired) electrons. The summed E-state index contributed by atoms with van der Waals surface area (Å²) in [5, 5.41) is 15.7. The molecule has 0 saturated carbocycles. The molecule has 1 aromatic rings. The molecule has 3 N–H and O–H groups in total. The van der Waals surface area contributed by atoms with E-state index < -0.39 is 5.60 Å². The minimum Gasteiger partial charge on any atom is -0.497 e. The van der Waals surface area contributed by atoms with E-state index >= 15 is 0 Å². The summed E-state index contributed by atoms with van der Waals surface area (Å²) in [5.41, 5.74) is 0.0811. The lowest BCUT2D eigenvalue weighted by Crippen LogP contribution is -2.45. The van der Waals surface area contributed by atoms with Crippen LogP contribution in [0, 0.1) is 0 Å². The summed E-state index contributed by atoms with van der Waals surface area (Å²) in [7, 11) is 1.62. The number of urea groups is 1. The van der Waals surface area contributed by atoms with Gasteiger partial charge in [-0.3, -0.25) is 0 Å². The molecule has 2 rings (SSSR count). The zero-order valence-electron chi connectivity index (χ0n) is 12.3. The summed E-state index contributed by atoms with van der Waals surface area (Å²) in [6.45, 7) is 0.669. The summed E-state index contributed by atoms with van der Waals surface area (Å²) in [6, 6.07) is 7.22. The van der Waals surface area contributed by atoms with Gasteiger partial charge in [-0.25, -0.2) is 4.79 Å². The van der Waals surface area contributed by atoms with E-state index in [1.807, 2.05) is 30.3 Å². The van der Waals surface area contributed by atoms with Crippen molar-refractivity contribution in [1.82, 2.24) is 10.6 Å². The summed E-state index contributed by atoms with van der Waals surface area (Å²) >= 11 is 0. The molecular weight excluding hydrogens is 268 g/mol. The lowest BCUT2D eigenvalue weighted by Gasteiger charge is -2.27. The second-order valence-electron chi connectivity index (χ2n) is 5.28. The molecule has 0 aromatic heterocycles. The van der Waals surface area contributed by atoms with Gasteiger partial charge in [0.2, 0.25) is 0 Å². The number of carbonyl (C=O) groups is 1. The Morgan fingerprint density at radius 2 is 2.10 bits per heavy atom. The molecule has 0 aliphatic heterocycles. The van der Waals surface area contributed by atoms with Crippen LogP contribution in [0.3, 0.4) is 0 Å². The smallest absolute Gasteiger partial charge is 0.315 e. The lowest BCUT2D eigenvalue weighted by molar-refractivity contribution is 0.0762. The standard InChI is InChI=1S/C16H22N2O3/c1-21-14-7-5-13(6-8-14)11-17-15(19)18-12-16(20)9-3-2-4-10-16/h3,5-9,20H,2,4,10-12H2,1H3,(H2,17,18,19). The average Bonchev–Trinajstić information content (AvgIpc) is 2.52. The Hall–Kier alpha value is -2.01. The Morgan fingerprint density at radius 1 is 1.33 bits per heavy atom. The van der Waals surface area contributed by atoms with E-state index in [2.05, 4.69) is 10.6 Å². The first kappa shape index (κ1) is 15.4. The molecule has 0 saturated heterocycles. The van der Waals surface area contributed by atoms with Crippen LogP contribution < -0.4 is 15.4 Å². The third kappa shape index (κ3) is 4.79. The van der Waals surface area contributed by atoms with Gasteiger partial charge >= 0.3 is 6.03 Å². The number of methoxy groups -OCH3 is 1. The van der Waals surface area contributed by atoms with Gasteiger partial charge in [0.05, 0.1) is 13.7 Å². The molecule has 2 amide bonds. The van der Waals surface area contributed by atoms with E-state index in [4.69, 9.17) is 4.74 Å². The number of hydrogen-bond acceptors (Lipinski definition) is 3. The lowest BCUT2D eigenvalue weighted by atomic mass is 9.91. The van der Waals surface area contributed by atoms with Crippen LogP contribution in [0.25, 0.3) is 0 Å². The number of amides is 2. The number of nitrogens with one attached hydrogen (secondary N) is 2. The average molecular weight is 290 g/mol. The summed E-state index contributed by atoms with van der Waals surface area (Å²) in [6.07, 6.45) is 6.36. The van der Waals surface area contributed by atoms with Crippen LogP contribution in [0.5, 0.6) is 5.75 Å². The SMILES string of the molecule is COc1ccc(CNC(=O)NCC2(O)C=CCCC2)cc1. The molecule has 1 aliphatic rings. The molecule has 5 nitrogen and oxygen atoms in total. The predicted octanol–water partition coefficient (Wildman–Crippen LogP) is 1.97. The van der Waals surface area contributed by atoms with Crippen molar-refractivity contribution < 1.29 is 14.6 Å². The fourth-order valence-corrected chi connectivity index (χ4v) is 2.28. The number of allylic oxidation sites excluding steroid dienone is 1. The van der Waals surface area contributed by atoms with Gasteiger partial charge in [-0.2, -0.15) is 0 Å². The van der Waals surface area contributed by atoms with Gasteiger partial charge in [0.1, 0.15) is 11.4 Å². The summed E-state index contributed by atoms with van der Waals surface area (Å²) < 4.78 is 5.08. The highest BCUT2D eigenvalue weighted by atomic mass is 16.5. The maximum Gasteiger partial charge on any atom is 0.315 e. The Labute approximate surface area is 125 Å². The fraction of sp³-hybridized carbons (Fsp3) is 0.438. The van der Waals surface area contributed by atoms with Gasteiger partial charge in [0, 0.05) is 6.54 Å². The number of carbonyl (C=O) groups excluding carboxylic acids is 1. The molecule has 0 fully saturated rings. The van der Waals surface area contributed by atoms with Gasteiger partial charge in [-0.1, -0.05) is 24.3 Å². The number of ether oxygens (including phenoxy) is 1. The highest BCUT2D eigenvalue weighted by molar-refractivity contribution is 5.73. The van der Waals surface area contributed by atoms with Gasteiger partial charge in [0.25, 0.3) is 0 Å². The summed E-state index contributed by atoms with van der Waals surface area (Å²) in [5.74, 6) is 0.787. The first-order chi connectivity index (χ1) is 10.1. The van der Waals surface area contributed by atoms with Crippen molar-refractivity contribution in [2.45, 2.75) is 31.4 Å². The minimum atomic E-state index is -0.907. The molecule has 21 heavy (non-hydrogen) atoms. The zero-order valence-corrected chi connectivity index (χ0v) is 12.3. The normalized spacial score (nSPS) is 20.9. The van der Waals surface area contributed by atoms with Crippen molar-refractivity contribution in [3.8, 4) is 5.75 Å². The maximum atomic E-state index is 11.7. The van der Waals surface area contributed by atoms with E-state index in [1.54, 1.807) is 13.2 Å². The number of rotatable bonds is 5. The zero-order chi connectivity index (χ0) is 15.1. The second kappa shape index (κ2) is 7.13. The van der Waals surface area contributed by atoms with Crippen molar-refractivity contribution in [3.05, 3.63) is 42.0 Å². The number of aliphatic hydroxyl groups is 1. The van der Waals surface area contributed by atoms with Gasteiger partial charge in [0.15, 0.2) is 0 Å². The van der Waals surface area contributed by atoms with E-state index in [0.29, 0.717) is 13.0 Å². The molecule has 1 unspecified atom stereocenters. The van der Waals surface area contributed by atoms with Crippen molar-refractivity contribution in [3.63, 3.8) is 0 Å². The molecule has 1 atom stereocenters. The van der Waals surface area contributed by atoms with E-state index in [9.17, 15) is 9.90 Å². The Morgan fingerprint density at radius 3 is 2.71 bits per heavy atom. The Bertz CT molecular complexity index is 499. The molecular formula is C16H22N2O3. The highest BCUT2D eigenvalue weighted by Gasteiger charge is 2.25. The van der Waals surface area contributed by atoms with Crippen molar-refractivity contribution in [1.29, 1.82) is 0 Å². The molecule has 1 aromatic carbocycles. The van der Waals surface area contributed by atoms with Crippen LogP contribution in [0.4, 0.5) is 4.79 Å². The van der Waals surface area contributed by atoms with Crippen LogP contribution in [-0.2, 0) is 6.54 Å². The van der Waals surface area contributed by atoms with Crippen LogP contribution in [0.15, 0.2) is 36.4 Å². The summed E-state index contributed by atoms with van der Waals surface area (Å²) in [4.78, 5) is 11.7. The van der Waals surface area contributed by atoms with Gasteiger partial charge in [-0.15, -0.1) is 0 Å². The van der Waals surface area contributed by atoms with E-state index in [1.165, 1.54) is 0 Å². The monoisotopic (exact) mass is 290 g/mol. The Balaban J connectivity index is 1.74. The quantitative estimate of drug-likeness (QED) is 0.726. The third-order valence-corrected chi connectivity index (χ3v) is 3.58. The molecule has 114 valence electrons. The molecule has 5 heteroatoms. The predicted molar refractivity (Wildman–Crippen MR) is 81.2 cm³/mol. The van der Waals surface area contributed by atoms with Crippen LogP contribution in [-0.4, -0.2) is 30.4 Å². The van der Waals surface area contributed by atoms with Gasteiger partial charge in [-0.05, 0) is 37.0 Å². The van der Waals surface area contributed by atoms with Crippen LogP contribution in [0.1, 0.15) is 24.8 Å². The first-order valence-corrected chi connectivity index (χ1v) is 7.16. The maximum absolute atomic E-state index is 11.7. The molecule has 0 heterocycles. The Kier molecular flexibility index (Phi) is 5.22. The topological polar surface area (TPSA) is 70.6 Å². The van der Waals surface area contributed by atoms with Crippen LogP contribution >= 0.6 is 0 Å². The molecule has 0 spiro atoms. The first-order valence-electron chi connectivity index (χ1n) is 7.16.